The quantitative estimate of drug-likeness (QED) is 0.831. The first-order chi connectivity index (χ1) is 9.84. The summed E-state index contributed by atoms with van der Waals surface area (Å²) in [5, 5.41) is 3.41. The molecule has 1 N–H and O–H groups in total. The number of rotatable bonds is 2. The maximum absolute atomic E-state index is 12.7. The molecule has 2 atom stereocenters. The van der Waals surface area contributed by atoms with Crippen LogP contribution < -0.4 is 5.32 Å². The van der Waals surface area contributed by atoms with E-state index >= 15 is 0 Å². The van der Waals surface area contributed by atoms with Gasteiger partial charge in [-0.3, -0.25) is 9.69 Å². The van der Waals surface area contributed by atoms with Gasteiger partial charge >= 0.3 is 0 Å². The van der Waals surface area contributed by atoms with Crippen molar-refractivity contribution in [1.29, 1.82) is 0 Å². The number of amides is 1. The van der Waals surface area contributed by atoms with Gasteiger partial charge < -0.3 is 10.2 Å². The maximum Gasteiger partial charge on any atom is 0.237 e. The molecule has 0 spiro atoms. The van der Waals surface area contributed by atoms with Crippen LogP contribution in [0.25, 0.3) is 0 Å². The van der Waals surface area contributed by atoms with Crippen LogP contribution in [-0.2, 0) is 4.79 Å². The number of likely N-dealkylation sites (tertiary alicyclic amines) is 1. The van der Waals surface area contributed by atoms with E-state index in [9.17, 15) is 4.79 Å². The molecule has 0 radical (unpaired) electrons. The van der Waals surface area contributed by atoms with Crippen LogP contribution >= 0.6 is 0 Å². The lowest BCUT2D eigenvalue weighted by Gasteiger charge is -2.44. The molecule has 0 aromatic carbocycles. The van der Waals surface area contributed by atoms with E-state index in [4.69, 9.17) is 0 Å². The van der Waals surface area contributed by atoms with Gasteiger partial charge in [0.15, 0.2) is 0 Å². The summed E-state index contributed by atoms with van der Waals surface area (Å²) in [5.74, 6) is 1.19. The molecule has 0 aromatic rings. The zero-order chi connectivity index (χ0) is 13.8. The number of fused-ring (bicyclic) bond motifs is 1. The highest BCUT2D eigenvalue weighted by Crippen LogP contribution is 2.35. The van der Waals surface area contributed by atoms with Crippen LogP contribution in [-0.4, -0.2) is 61.0 Å². The third-order valence-corrected chi connectivity index (χ3v) is 5.36. The van der Waals surface area contributed by atoms with Crippen LogP contribution in [0.1, 0.15) is 44.9 Å². The van der Waals surface area contributed by atoms with Gasteiger partial charge in [-0.25, -0.2) is 0 Å². The molecule has 2 saturated heterocycles. The molecule has 2 heterocycles. The Morgan fingerprint density at radius 2 is 1.80 bits per heavy atom. The van der Waals surface area contributed by atoms with Gasteiger partial charge in [0, 0.05) is 25.7 Å². The van der Waals surface area contributed by atoms with Crippen LogP contribution in [0, 0.1) is 5.92 Å². The molecule has 20 heavy (non-hydrogen) atoms. The van der Waals surface area contributed by atoms with Crippen LogP contribution in [0.3, 0.4) is 0 Å². The lowest BCUT2D eigenvalue weighted by Crippen LogP contribution is -2.52. The Labute approximate surface area is 122 Å². The van der Waals surface area contributed by atoms with Crippen LogP contribution in [0.15, 0.2) is 0 Å². The smallest absolute Gasteiger partial charge is 0.237 e. The fourth-order valence-corrected chi connectivity index (χ4v) is 4.28. The normalized spacial score (nSPS) is 32.5. The average Bonchev–Trinajstić information content (AvgIpc) is 2.75. The molecule has 4 nitrogen and oxygen atoms in total. The summed E-state index contributed by atoms with van der Waals surface area (Å²) in [6, 6.07) is 0.565. The number of carbonyl (C=O) groups is 1. The highest BCUT2D eigenvalue weighted by atomic mass is 16.2. The lowest BCUT2D eigenvalue weighted by molar-refractivity contribution is -0.138. The lowest BCUT2D eigenvalue weighted by atomic mass is 9.78. The van der Waals surface area contributed by atoms with Gasteiger partial charge in [-0.15, -0.1) is 0 Å². The molecule has 2 aliphatic heterocycles. The summed E-state index contributed by atoms with van der Waals surface area (Å²) in [6.45, 7) is 5.86. The predicted molar refractivity (Wildman–Crippen MR) is 80.6 cm³/mol. The van der Waals surface area contributed by atoms with E-state index < -0.39 is 0 Å². The molecule has 0 unspecified atom stereocenters. The zero-order valence-corrected chi connectivity index (χ0v) is 12.6. The topological polar surface area (TPSA) is 35.6 Å². The minimum Gasteiger partial charge on any atom is -0.338 e. The third kappa shape index (κ3) is 3.34. The van der Waals surface area contributed by atoms with Crippen molar-refractivity contribution in [2.75, 3.05) is 39.3 Å². The van der Waals surface area contributed by atoms with Crippen molar-refractivity contribution >= 4 is 5.91 Å². The van der Waals surface area contributed by atoms with Crippen molar-refractivity contribution in [1.82, 2.24) is 15.1 Å². The predicted octanol–water partition coefficient (Wildman–Crippen LogP) is 1.46. The SMILES string of the molecule is O=C(CN1CCCNCC1)N1CCC[C@H]2CCCC[C@H]21. The van der Waals surface area contributed by atoms with E-state index in [1.165, 1.54) is 44.9 Å². The third-order valence-electron chi connectivity index (χ3n) is 5.36. The van der Waals surface area contributed by atoms with Crippen LogP contribution in [0.5, 0.6) is 0 Å². The molecular weight excluding hydrogens is 250 g/mol. The first-order valence-corrected chi connectivity index (χ1v) is 8.57. The van der Waals surface area contributed by atoms with Gasteiger partial charge in [-0.05, 0) is 51.1 Å². The molecular formula is C16H29N3O. The van der Waals surface area contributed by atoms with E-state index in [-0.39, 0.29) is 0 Å². The molecule has 114 valence electrons. The Hall–Kier alpha value is -0.610. The van der Waals surface area contributed by atoms with E-state index in [0.29, 0.717) is 18.5 Å². The van der Waals surface area contributed by atoms with E-state index in [1.54, 1.807) is 0 Å². The van der Waals surface area contributed by atoms with Gasteiger partial charge in [0.1, 0.15) is 0 Å². The summed E-state index contributed by atoms with van der Waals surface area (Å²) in [7, 11) is 0. The second-order valence-corrected chi connectivity index (χ2v) is 6.72. The first kappa shape index (κ1) is 14.3. The van der Waals surface area contributed by atoms with E-state index in [1.807, 2.05) is 0 Å². The highest BCUT2D eigenvalue weighted by molar-refractivity contribution is 5.78. The summed E-state index contributed by atoms with van der Waals surface area (Å²) in [5.41, 5.74) is 0. The Bertz CT molecular complexity index is 324. The number of carbonyl (C=O) groups excluding carboxylic acids is 1. The molecule has 3 aliphatic rings. The molecule has 1 saturated carbocycles. The van der Waals surface area contributed by atoms with Crippen LogP contribution in [0.2, 0.25) is 0 Å². The van der Waals surface area contributed by atoms with Gasteiger partial charge in [-0.2, -0.15) is 0 Å². The van der Waals surface area contributed by atoms with Gasteiger partial charge in [-0.1, -0.05) is 12.8 Å². The van der Waals surface area contributed by atoms with Crippen molar-refractivity contribution in [2.24, 2.45) is 5.92 Å². The number of nitrogens with zero attached hydrogens (tertiary/aromatic N) is 2. The van der Waals surface area contributed by atoms with Gasteiger partial charge in [0.25, 0.3) is 0 Å². The second kappa shape index (κ2) is 6.90. The van der Waals surface area contributed by atoms with Gasteiger partial charge in [0.05, 0.1) is 6.54 Å². The van der Waals surface area contributed by atoms with Crippen molar-refractivity contribution in [2.45, 2.75) is 51.0 Å². The number of hydrogen-bond acceptors (Lipinski definition) is 3. The zero-order valence-electron chi connectivity index (χ0n) is 12.6. The largest absolute Gasteiger partial charge is 0.338 e. The summed E-state index contributed by atoms with van der Waals surface area (Å²) in [4.78, 5) is 17.3. The Balaban J connectivity index is 1.57. The molecule has 1 aliphatic carbocycles. The van der Waals surface area contributed by atoms with E-state index in [2.05, 4.69) is 15.1 Å². The summed E-state index contributed by atoms with van der Waals surface area (Å²) < 4.78 is 0. The molecule has 4 heteroatoms. The van der Waals surface area contributed by atoms with Gasteiger partial charge in [0.2, 0.25) is 5.91 Å². The average molecular weight is 279 g/mol. The molecule has 3 fully saturated rings. The van der Waals surface area contributed by atoms with E-state index in [0.717, 1.165) is 38.6 Å². The second-order valence-electron chi connectivity index (χ2n) is 6.72. The number of hydrogen-bond donors (Lipinski definition) is 1. The Kier molecular flexibility index (Phi) is 4.94. The van der Waals surface area contributed by atoms with Crippen molar-refractivity contribution in [3.8, 4) is 0 Å². The summed E-state index contributed by atoms with van der Waals surface area (Å²) >= 11 is 0. The number of piperidine rings is 1. The van der Waals surface area contributed by atoms with Crippen molar-refractivity contribution in [3.05, 3.63) is 0 Å². The van der Waals surface area contributed by atoms with Crippen LogP contribution in [0.4, 0.5) is 0 Å². The van der Waals surface area contributed by atoms with Crippen molar-refractivity contribution in [3.63, 3.8) is 0 Å². The maximum atomic E-state index is 12.7. The standard InChI is InChI=1S/C16H29N3O/c20-16(13-18-10-4-8-17-9-12-18)19-11-3-6-14-5-1-2-7-15(14)19/h14-15,17H,1-13H2/t14-,15-/m1/s1. The number of nitrogens with one attached hydrogen (secondary N) is 1. The Morgan fingerprint density at radius 3 is 2.75 bits per heavy atom. The minimum absolute atomic E-state index is 0.392. The van der Waals surface area contributed by atoms with Crippen molar-refractivity contribution < 1.29 is 4.79 Å². The Morgan fingerprint density at radius 1 is 0.950 bits per heavy atom. The fourth-order valence-electron chi connectivity index (χ4n) is 4.28. The monoisotopic (exact) mass is 279 g/mol. The fraction of sp³-hybridized carbons (Fsp3) is 0.938. The minimum atomic E-state index is 0.392. The molecule has 0 aromatic heterocycles. The highest BCUT2D eigenvalue weighted by Gasteiger charge is 2.35. The molecule has 1 amide bonds. The molecule has 3 rings (SSSR count). The molecule has 0 bridgehead atoms. The first-order valence-electron chi connectivity index (χ1n) is 8.57. The summed E-state index contributed by atoms with van der Waals surface area (Å²) in [6.07, 6.45) is 9.02.